The molecule has 5 rings (SSSR count). The summed E-state index contributed by atoms with van der Waals surface area (Å²) in [5.74, 6) is -0.950. The van der Waals surface area contributed by atoms with Gasteiger partial charge in [-0.2, -0.15) is 0 Å². The Bertz CT molecular complexity index is 1480. The number of hydrogen-bond acceptors (Lipinski definition) is 4. The first-order valence-electron chi connectivity index (χ1n) is 11.8. The molecule has 4 aromatic rings. The number of benzene rings is 4. The Hall–Kier alpha value is -4.16. The van der Waals surface area contributed by atoms with Crippen LogP contribution in [0.1, 0.15) is 28.3 Å². The van der Waals surface area contributed by atoms with Gasteiger partial charge in [0, 0.05) is 15.7 Å². The highest BCUT2D eigenvalue weighted by Gasteiger charge is 2.46. The first kappa shape index (κ1) is 24.5. The SMILES string of the molecule is Cc1cc(/C(O)=C2/C(=O)C(=O)N(c3ccccc3)C2c2ccc(Br)cc2)ccc1OCc1ccccc1. The van der Waals surface area contributed by atoms with Crippen molar-refractivity contribution in [2.24, 2.45) is 0 Å². The van der Waals surface area contributed by atoms with Crippen LogP contribution in [0.15, 0.2) is 113 Å². The Balaban J connectivity index is 1.55. The van der Waals surface area contributed by atoms with E-state index in [0.29, 0.717) is 29.2 Å². The molecule has 1 aliphatic rings. The topological polar surface area (TPSA) is 66.8 Å². The summed E-state index contributed by atoms with van der Waals surface area (Å²) in [5, 5.41) is 11.4. The third-order valence-corrected chi connectivity index (χ3v) is 6.88. The monoisotopic (exact) mass is 553 g/mol. The summed E-state index contributed by atoms with van der Waals surface area (Å²) < 4.78 is 6.84. The maximum Gasteiger partial charge on any atom is 0.300 e. The molecule has 1 heterocycles. The molecule has 4 aromatic carbocycles. The van der Waals surface area contributed by atoms with E-state index >= 15 is 0 Å². The second-order valence-electron chi connectivity index (χ2n) is 8.81. The number of aliphatic hydroxyl groups is 1. The quantitative estimate of drug-likeness (QED) is 0.159. The summed E-state index contributed by atoms with van der Waals surface area (Å²) >= 11 is 3.44. The Morgan fingerprint density at radius 2 is 1.54 bits per heavy atom. The number of ketones is 1. The number of rotatable bonds is 6. The van der Waals surface area contributed by atoms with Gasteiger partial charge in [-0.3, -0.25) is 14.5 Å². The number of halogens is 1. The normalized spacial score (nSPS) is 16.7. The van der Waals surface area contributed by atoms with Crippen molar-refractivity contribution in [2.75, 3.05) is 4.90 Å². The van der Waals surface area contributed by atoms with Crippen molar-refractivity contribution < 1.29 is 19.4 Å². The molecule has 1 saturated heterocycles. The van der Waals surface area contributed by atoms with Crippen LogP contribution in [0.25, 0.3) is 5.76 Å². The molecule has 1 unspecified atom stereocenters. The number of nitrogens with zero attached hydrogens (tertiary/aromatic N) is 1. The molecule has 0 spiro atoms. The van der Waals surface area contributed by atoms with Gasteiger partial charge in [-0.1, -0.05) is 76.6 Å². The number of aryl methyl sites for hydroxylation is 1. The Labute approximate surface area is 223 Å². The van der Waals surface area contributed by atoms with E-state index in [1.165, 1.54) is 4.90 Å². The Kier molecular flexibility index (Phi) is 6.93. The summed E-state index contributed by atoms with van der Waals surface area (Å²) in [7, 11) is 0. The number of amides is 1. The first-order valence-corrected chi connectivity index (χ1v) is 12.6. The minimum absolute atomic E-state index is 0.0496. The molecule has 6 heteroatoms. The van der Waals surface area contributed by atoms with Gasteiger partial charge in [0.2, 0.25) is 0 Å². The van der Waals surface area contributed by atoms with Crippen molar-refractivity contribution in [1.82, 2.24) is 0 Å². The van der Waals surface area contributed by atoms with Gasteiger partial charge >= 0.3 is 0 Å². The predicted molar refractivity (Wildman–Crippen MR) is 147 cm³/mol. The fourth-order valence-electron chi connectivity index (χ4n) is 4.50. The molecular weight excluding hydrogens is 530 g/mol. The number of anilines is 1. The lowest BCUT2D eigenvalue weighted by Crippen LogP contribution is -2.29. The molecule has 0 aliphatic carbocycles. The second-order valence-corrected chi connectivity index (χ2v) is 9.73. The molecule has 0 bridgehead atoms. The Morgan fingerprint density at radius 1 is 0.892 bits per heavy atom. The smallest absolute Gasteiger partial charge is 0.300 e. The summed E-state index contributed by atoms with van der Waals surface area (Å²) in [4.78, 5) is 28.0. The number of carbonyl (C=O) groups is 2. The standard InChI is InChI=1S/C31H24BrNO4/c1-20-18-23(14-17-26(20)37-19-21-8-4-2-5-9-21)29(34)27-28(22-12-15-24(32)16-13-22)33(31(36)30(27)35)25-10-6-3-7-11-25/h2-18,28,34H,19H2,1H3/b29-27-. The van der Waals surface area contributed by atoms with Gasteiger partial charge in [-0.05, 0) is 66.1 Å². The molecule has 37 heavy (non-hydrogen) atoms. The van der Waals surface area contributed by atoms with E-state index < -0.39 is 17.7 Å². The molecule has 1 aliphatic heterocycles. The average molecular weight is 554 g/mol. The lowest BCUT2D eigenvalue weighted by molar-refractivity contribution is -0.132. The molecular formula is C31H24BrNO4. The van der Waals surface area contributed by atoms with E-state index in [1.54, 1.807) is 30.3 Å². The fourth-order valence-corrected chi connectivity index (χ4v) is 4.76. The van der Waals surface area contributed by atoms with Crippen LogP contribution in [0, 0.1) is 6.92 Å². The van der Waals surface area contributed by atoms with Gasteiger partial charge in [-0.15, -0.1) is 0 Å². The van der Waals surface area contributed by atoms with Gasteiger partial charge in [0.15, 0.2) is 0 Å². The maximum atomic E-state index is 13.3. The van der Waals surface area contributed by atoms with Gasteiger partial charge in [0.25, 0.3) is 11.7 Å². The van der Waals surface area contributed by atoms with Crippen molar-refractivity contribution in [3.63, 3.8) is 0 Å². The van der Waals surface area contributed by atoms with E-state index in [1.807, 2.05) is 79.7 Å². The highest BCUT2D eigenvalue weighted by Crippen LogP contribution is 2.42. The van der Waals surface area contributed by atoms with Gasteiger partial charge in [0.1, 0.15) is 18.1 Å². The van der Waals surface area contributed by atoms with Crippen LogP contribution in [0.5, 0.6) is 5.75 Å². The number of carbonyl (C=O) groups excluding carboxylic acids is 2. The lowest BCUT2D eigenvalue weighted by atomic mass is 9.94. The molecule has 0 aromatic heterocycles. The van der Waals surface area contributed by atoms with Crippen molar-refractivity contribution in [2.45, 2.75) is 19.6 Å². The number of aliphatic hydroxyl groups excluding tert-OH is 1. The summed E-state index contributed by atoms with van der Waals surface area (Å²) in [5.41, 5.74) is 3.64. The second kappa shape index (κ2) is 10.4. The molecule has 1 fully saturated rings. The molecule has 1 N–H and O–H groups in total. The minimum Gasteiger partial charge on any atom is -0.507 e. The predicted octanol–water partition coefficient (Wildman–Crippen LogP) is 6.96. The largest absolute Gasteiger partial charge is 0.507 e. The number of ether oxygens (including phenoxy) is 1. The molecule has 184 valence electrons. The number of Topliss-reactive ketones (excluding diaryl/α,β-unsaturated/α-hetero) is 1. The molecule has 0 radical (unpaired) electrons. The minimum atomic E-state index is -0.773. The van der Waals surface area contributed by atoms with Crippen molar-refractivity contribution in [1.29, 1.82) is 0 Å². The number of para-hydroxylation sites is 1. The fraction of sp³-hybridized carbons (Fsp3) is 0.0968. The third kappa shape index (κ3) is 4.93. The molecule has 5 nitrogen and oxygen atoms in total. The highest BCUT2D eigenvalue weighted by atomic mass is 79.9. The zero-order chi connectivity index (χ0) is 25.9. The number of hydrogen-bond donors (Lipinski definition) is 1. The van der Waals surface area contributed by atoms with Gasteiger partial charge in [-0.25, -0.2) is 0 Å². The van der Waals surface area contributed by atoms with Crippen LogP contribution in [0.4, 0.5) is 5.69 Å². The average Bonchev–Trinajstić information content (AvgIpc) is 3.19. The van der Waals surface area contributed by atoms with Crippen LogP contribution in [-0.4, -0.2) is 16.8 Å². The molecule has 0 saturated carbocycles. The third-order valence-electron chi connectivity index (χ3n) is 6.35. The van der Waals surface area contributed by atoms with Crippen molar-refractivity contribution in [3.8, 4) is 5.75 Å². The van der Waals surface area contributed by atoms with E-state index in [4.69, 9.17) is 4.74 Å². The zero-order valence-electron chi connectivity index (χ0n) is 20.1. The highest BCUT2D eigenvalue weighted by molar-refractivity contribution is 9.10. The summed E-state index contributed by atoms with van der Waals surface area (Å²) in [6, 6.07) is 30.7. The van der Waals surface area contributed by atoms with Gasteiger partial charge in [0.05, 0.1) is 11.6 Å². The van der Waals surface area contributed by atoms with E-state index in [0.717, 1.165) is 15.6 Å². The van der Waals surface area contributed by atoms with Crippen molar-refractivity contribution >= 4 is 39.1 Å². The lowest BCUT2D eigenvalue weighted by Gasteiger charge is -2.25. The van der Waals surface area contributed by atoms with Crippen LogP contribution in [0.2, 0.25) is 0 Å². The van der Waals surface area contributed by atoms with Crippen LogP contribution in [-0.2, 0) is 16.2 Å². The summed E-state index contributed by atoms with van der Waals surface area (Å²) in [6.45, 7) is 2.30. The zero-order valence-corrected chi connectivity index (χ0v) is 21.7. The van der Waals surface area contributed by atoms with Gasteiger partial charge < -0.3 is 9.84 Å². The molecule has 1 atom stereocenters. The van der Waals surface area contributed by atoms with Crippen LogP contribution >= 0.6 is 15.9 Å². The Morgan fingerprint density at radius 3 is 2.19 bits per heavy atom. The summed E-state index contributed by atoms with van der Waals surface area (Å²) in [6.07, 6.45) is 0. The first-order chi connectivity index (χ1) is 17.9. The maximum absolute atomic E-state index is 13.3. The van der Waals surface area contributed by atoms with Crippen LogP contribution in [0.3, 0.4) is 0 Å². The van der Waals surface area contributed by atoms with Crippen molar-refractivity contribution in [3.05, 3.63) is 135 Å². The van der Waals surface area contributed by atoms with E-state index in [2.05, 4.69) is 15.9 Å². The molecule has 1 amide bonds. The van der Waals surface area contributed by atoms with E-state index in [9.17, 15) is 14.7 Å². The van der Waals surface area contributed by atoms with Crippen LogP contribution < -0.4 is 9.64 Å². The van der Waals surface area contributed by atoms with E-state index in [-0.39, 0.29) is 11.3 Å².